The van der Waals surface area contributed by atoms with Crippen LogP contribution in [0.3, 0.4) is 0 Å². The van der Waals surface area contributed by atoms with Crippen LogP contribution in [0.2, 0.25) is 0 Å². The monoisotopic (exact) mass is 230 g/mol. The van der Waals surface area contributed by atoms with Gasteiger partial charge in [-0.3, -0.25) is 9.97 Å². The van der Waals surface area contributed by atoms with Gasteiger partial charge in [-0.2, -0.15) is 0 Å². The molecule has 0 amide bonds. The lowest BCUT2D eigenvalue weighted by molar-refractivity contribution is 0.163. The first kappa shape index (κ1) is 12.0. The molecular formula is C14H18N2O. The summed E-state index contributed by atoms with van der Waals surface area (Å²) in [6, 6.07) is 5.78. The maximum atomic E-state index is 10.1. The molecule has 0 aliphatic heterocycles. The normalized spacial score (nSPS) is 12.8. The quantitative estimate of drug-likeness (QED) is 0.802. The number of aliphatic hydroxyl groups is 1. The summed E-state index contributed by atoms with van der Waals surface area (Å²) in [5, 5.41) is 10.1. The van der Waals surface area contributed by atoms with Gasteiger partial charge < -0.3 is 5.11 Å². The van der Waals surface area contributed by atoms with Crippen molar-refractivity contribution < 1.29 is 5.11 Å². The Balaban J connectivity index is 2.12. The maximum Gasteiger partial charge on any atom is 0.0890 e. The molecule has 0 spiro atoms. The van der Waals surface area contributed by atoms with Crippen molar-refractivity contribution in [1.29, 1.82) is 0 Å². The van der Waals surface area contributed by atoms with Crippen molar-refractivity contribution in [2.24, 2.45) is 0 Å². The average molecular weight is 230 g/mol. The van der Waals surface area contributed by atoms with E-state index in [1.165, 1.54) is 12.8 Å². The van der Waals surface area contributed by atoms with Crippen LogP contribution < -0.4 is 0 Å². The highest BCUT2D eigenvalue weighted by Crippen LogP contribution is 2.22. The molecule has 0 saturated heterocycles. The van der Waals surface area contributed by atoms with Gasteiger partial charge in [0.25, 0.3) is 0 Å². The molecule has 1 unspecified atom stereocenters. The zero-order chi connectivity index (χ0) is 12.1. The number of rotatable bonds is 5. The largest absolute Gasteiger partial charge is 0.388 e. The topological polar surface area (TPSA) is 46.0 Å². The van der Waals surface area contributed by atoms with E-state index in [2.05, 4.69) is 16.9 Å². The molecule has 0 bridgehead atoms. The number of nitrogens with zero attached hydrogens (tertiary/aromatic N) is 2. The number of aliphatic hydroxyl groups excluding tert-OH is 1. The zero-order valence-corrected chi connectivity index (χ0v) is 10.1. The fourth-order valence-corrected chi connectivity index (χ4v) is 1.94. The van der Waals surface area contributed by atoms with E-state index < -0.39 is 0 Å². The Morgan fingerprint density at radius 2 is 1.88 bits per heavy atom. The van der Waals surface area contributed by atoms with Crippen molar-refractivity contribution in [3.05, 3.63) is 36.2 Å². The van der Waals surface area contributed by atoms with Gasteiger partial charge in [0, 0.05) is 12.4 Å². The Kier molecular flexibility index (Phi) is 4.04. The van der Waals surface area contributed by atoms with Crippen LogP contribution in [0.5, 0.6) is 0 Å². The average Bonchev–Trinajstić information content (AvgIpc) is 2.38. The van der Waals surface area contributed by atoms with E-state index in [0.717, 1.165) is 29.4 Å². The minimum atomic E-state index is -0.382. The molecule has 1 heterocycles. The third-order valence-electron chi connectivity index (χ3n) is 2.96. The molecule has 2 aromatic rings. The first-order valence-electron chi connectivity index (χ1n) is 6.20. The van der Waals surface area contributed by atoms with Crippen molar-refractivity contribution in [1.82, 2.24) is 9.97 Å². The lowest BCUT2D eigenvalue weighted by Gasteiger charge is -2.10. The Labute approximate surface area is 102 Å². The van der Waals surface area contributed by atoms with E-state index in [1.54, 1.807) is 12.4 Å². The molecule has 90 valence electrons. The number of benzene rings is 1. The summed E-state index contributed by atoms with van der Waals surface area (Å²) in [4.78, 5) is 8.46. The number of aromatic nitrogens is 2. The molecule has 3 heteroatoms. The van der Waals surface area contributed by atoms with E-state index >= 15 is 0 Å². The van der Waals surface area contributed by atoms with Crippen LogP contribution in [0, 0.1) is 0 Å². The lowest BCUT2D eigenvalue weighted by Crippen LogP contribution is -1.98. The van der Waals surface area contributed by atoms with E-state index in [0.29, 0.717) is 0 Å². The second-order valence-electron chi connectivity index (χ2n) is 4.32. The summed E-state index contributed by atoms with van der Waals surface area (Å²) in [6.45, 7) is 2.16. The SMILES string of the molecule is CCCCCC(O)c1ccc2nccnc2c1. The number of hydrogen-bond acceptors (Lipinski definition) is 3. The molecule has 0 saturated carbocycles. The van der Waals surface area contributed by atoms with Gasteiger partial charge in [-0.05, 0) is 24.1 Å². The minimum absolute atomic E-state index is 0.382. The standard InChI is InChI=1S/C14H18N2O/c1-2-3-4-5-14(17)11-6-7-12-13(10-11)16-9-8-15-12/h6-10,14,17H,2-5H2,1H3. The highest BCUT2D eigenvalue weighted by atomic mass is 16.3. The van der Waals surface area contributed by atoms with Crippen LogP contribution in [-0.4, -0.2) is 15.1 Å². The van der Waals surface area contributed by atoms with Crippen molar-refractivity contribution in [2.45, 2.75) is 38.7 Å². The predicted octanol–water partition coefficient (Wildman–Crippen LogP) is 3.24. The van der Waals surface area contributed by atoms with Gasteiger partial charge in [0.15, 0.2) is 0 Å². The highest BCUT2D eigenvalue weighted by molar-refractivity contribution is 5.74. The van der Waals surface area contributed by atoms with Crippen molar-refractivity contribution in [2.75, 3.05) is 0 Å². The smallest absolute Gasteiger partial charge is 0.0890 e. The van der Waals surface area contributed by atoms with E-state index in [4.69, 9.17) is 0 Å². The van der Waals surface area contributed by atoms with E-state index in [9.17, 15) is 5.11 Å². The molecule has 17 heavy (non-hydrogen) atoms. The fraction of sp³-hybridized carbons (Fsp3) is 0.429. The third-order valence-corrected chi connectivity index (χ3v) is 2.96. The Morgan fingerprint density at radius 1 is 1.12 bits per heavy atom. The van der Waals surface area contributed by atoms with Crippen LogP contribution in [0.15, 0.2) is 30.6 Å². The second-order valence-corrected chi connectivity index (χ2v) is 4.32. The summed E-state index contributed by atoms with van der Waals surface area (Å²) in [5.74, 6) is 0. The van der Waals surface area contributed by atoms with E-state index in [1.807, 2.05) is 18.2 Å². The predicted molar refractivity (Wildman–Crippen MR) is 68.6 cm³/mol. The van der Waals surface area contributed by atoms with Gasteiger partial charge in [0.1, 0.15) is 0 Å². The summed E-state index contributed by atoms with van der Waals surface area (Å²) >= 11 is 0. The molecule has 1 aromatic heterocycles. The van der Waals surface area contributed by atoms with Gasteiger partial charge in [-0.1, -0.05) is 32.3 Å². The Morgan fingerprint density at radius 3 is 2.65 bits per heavy atom. The van der Waals surface area contributed by atoms with Crippen LogP contribution in [0.1, 0.15) is 44.3 Å². The van der Waals surface area contributed by atoms with Crippen LogP contribution in [-0.2, 0) is 0 Å². The lowest BCUT2D eigenvalue weighted by atomic mass is 10.0. The summed E-state index contributed by atoms with van der Waals surface area (Å²) in [5.41, 5.74) is 2.66. The molecule has 0 fully saturated rings. The van der Waals surface area contributed by atoms with Gasteiger partial charge >= 0.3 is 0 Å². The Bertz CT molecular complexity index is 484. The molecule has 1 aromatic carbocycles. The molecule has 1 atom stereocenters. The summed E-state index contributed by atoms with van der Waals surface area (Å²) < 4.78 is 0. The van der Waals surface area contributed by atoms with Gasteiger partial charge in [-0.25, -0.2) is 0 Å². The van der Waals surface area contributed by atoms with Crippen molar-refractivity contribution >= 4 is 11.0 Å². The Hall–Kier alpha value is -1.48. The van der Waals surface area contributed by atoms with Crippen LogP contribution >= 0.6 is 0 Å². The van der Waals surface area contributed by atoms with Crippen LogP contribution in [0.4, 0.5) is 0 Å². The molecule has 0 radical (unpaired) electrons. The van der Waals surface area contributed by atoms with Gasteiger partial charge in [0.05, 0.1) is 17.1 Å². The summed E-state index contributed by atoms with van der Waals surface area (Å²) in [6.07, 6.45) is 7.21. The molecule has 3 nitrogen and oxygen atoms in total. The van der Waals surface area contributed by atoms with Gasteiger partial charge in [-0.15, -0.1) is 0 Å². The van der Waals surface area contributed by atoms with E-state index in [-0.39, 0.29) is 6.10 Å². The molecule has 1 N–H and O–H groups in total. The maximum absolute atomic E-state index is 10.1. The molecule has 2 rings (SSSR count). The van der Waals surface area contributed by atoms with Crippen molar-refractivity contribution in [3.8, 4) is 0 Å². The number of fused-ring (bicyclic) bond motifs is 1. The second kappa shape index (κ2) is 5.73. The zero-order valence-electron chi connectivity index (χ0n) is 10.1. The number of hydrogen-bond donors (Lipinski definition) is 1. The number of unbranched alkanes of at least 4 members (excludes halogenated alkanes) is 2. The molecule has 0 aliphatic rings. The summed E-state index contributed by atoms with van der Waals surface area (Å²) in [7, 11) is 0. The minimum Gasteiger partial charge on any atom is -0.388 e. The highest BCUT2D eigenvalue weighted by Gasteiger charge is 2.08. The molecular weight excluding hydrogens is 212 g/mol. The first-order valence-corrected chi connectivity index (χ1v) is 6.20. The van der Waals surface area contributed by atoms with Crippen molar-refractivity contribution in [3.63, 3.8) is 0 Å². The third kappa shape index (κ3) is 3.01. The van der Waals surface area contributed by atoms with Gasteiger partial charge in [0.2, 0.25) is 0 Å². The fourth-order valence-electron chi connectivity index (χ4n) is 1.94. The van der Waals surface area contributed by atoms with Crippen LogP contribution in [0.25, 0.3) is 11.0 Å². The first-order chi connectivity index (χ1) is 8.31. The molecule has 0 aliphatic carbocycles.